The van der Waals surface area contributed by atoms with E-state index in [1.165, 1.54) is 4.90 Å². The van der Waals surface area contributed by atoms with Gasteiger partial charge >= 0.3 is 12.0 Å². The topological polar surface area (TPSA) is 89.9 Å². The van der Waals surface area contributed by atoms with Gasteiger partial charge in [0.25, 0.3) is 0 Å². The summed E-state index contributed by atoms with van der Waals surface area (Å²) >= 11 is 4.96. The van der Waals surface area contributed by atoms with Crippen LogP contribution in [-0.2, 0) is 11.2 Å². The minimum Gasteiger partial charge on any atom is -0.480 e. The third-order valence-corrected chi connectivity index (χ3v) is 4.78. The molecule has 110 valence electrons. The molecule has 0 unspecified atom stereocenters. The van der Waals surface area contributed by atoms with Gasteiger partial charge in [-0.1, -0.05) is 0 Å². The Morgan fingerprint density at radius 3 is 2.85 bits per heavy atom. The highest BCUT2D eigenvalue weighted by Gasteiger charge is 2.38. The molecular weight excluding hydrogens is 348 g/mol. The first kappa shape index (κ1) is 15.3. The van der Waals surface area contributed by atoms with E-state index in [1.54, 1.807) is 11.3 Å². The maximum Gasteiger partial charge on any atom is 0.326 e. The van der Waals surface area contributed by atoms with Crippen molar-refractivity contribution in [3.8, 4) is 0 Å². The lowest BCUT2D eigenvalue weighted by Crippen LogP contribution is -2.46. The number of amides is 2. The third kappa shape index (κ3) is 3.71. The van der Waals surface area contributed by atoms with Gasteiger partial charge in [-0.15, -0.1) is 11.3 Å². The van der Waals surface area contributed by atoms with Gasteiger partial charge in [-0.2, -0.15) is 0 Å². The van der Waals surface area contributed by atoms with Crippen LogP contribution in [0.25, 0.3) is 0 Å². The average molecular weight is 363 g/mol. The number of aliphatic carboxylic acids is 1. The second-order valence-electron chi connectivity index (χ2n) is 4.58. The van der Waals surface area contributed by atoms with Crippen molar-refractivity contribution >= 4 is 39.3 Å². The zero-order valence-corrected chi connectivity index (χ0v) is 13.0. The van der Waals surface area contributed by atoms with Crippen LogP contribution in [-0.4, -0.2) is 52.3 Å². The number of likely N-dealkylation sites (tertiary alicyclic amines) is 1. The SMILES string of the molecule is O=C(O)[C@@H]1C[C@H](O)CN1C(=O)NCCc1ccc(Br)s1. The maximum absolute atomic E-state index is 11.9. The number of urea groups is 1. The Labute approximate surface area is 128 Å². The van der Waals surface area contributed by atoms with Crippen molar-refractivity contribution in [1.82, 2.24) is 10.2 Å². The molecule has 2 atom stereocenters. The summed E-state index contributed by atoms with van der Waals surface area (Å²) in [5.74, 6) is -1.08. The number of β-amino-alcohol motifs (C(OH)–C–C–N with tert-alkyl or cyclic N) is 1. The number of carboxylic acids is 1. The Kier molecular flexibility index (Phi) is 5.00. The van der Waals surface area contributed by atoms with Crippen molar-refractivity contribution in [3.63, 3.8) is 0 Å². The van der Waals surface area contributed by atoms with Gasteiger partial charge in [0.15, 0.2) is 0 Å². The predicted molar refractivity (Wildman–Crippen MR) is 77.9 cm³/mol. The van der Waals surface area contributed by atoms with Crippen LogP contribution in [0.5, 0.6) is 0 Å². The molecule has 1 aromatic heterocycles. The normalized spacial score (nSPS) is 22.0. The molecule has 1 aromatic rings. The Bertz CT molecular complexity index is 507. The fourth-order valence-electron chi connectivity index (χ4n) is 2.15. The van der Waals surface area contributed by atoms with Gasteiger partial charge in [-0.05, 0) is 34.5 Å². The number of nitrogens with one attached hydrogen (secondary N) is 1. The highest BCUT2D eigenvalue weighted by molar-refractivity contribution is 9.11. The van der Waals surface area contributed by atoms with E-state index < -0.39 is 24.1 Å². The van der Waals surface area contributed by atoms with Gasteiger partial charge in [0, 0.05) is 24.4 Å². The van der Waals surface area contributed by atoms with Crippen molar-refractivity contribution < 1.29 is 19.8 Å². The summed E-state index contributed by atoms with van der Waals surface area (Å²) < 4.78 is 1.03. The molecule has 1 aliphatic rings. The van der Waals surface area contributed by atoms with Crippen molar-refractivity contribution in [1.29, 1.82) is 0 Å². The highest BCUT2D eigenvalue weighted by atomic mass is 79.9. The lowest BCUT2D eigenvalue weighted by atomic mass is 10.2. The second kappa shape index (κ2) is 6.55. The van der Waals surface area contributed by atoms with E-state index in [0.29, 0.717) is 13.0 Å². The molecule has 1 fully saturated rings. The molecule has 0 aromatic carbocycles. The van der Waals surface area contributed by atoms with E-state index >= 15 is 0 Å². The zero-order valence-electron chi connectivity index (χ0n) is 10.6. The molecule has 0 bridgehead atoms. The van der Waals surface area contributed by atoms with Crippen LogP contribution in [0.2, 0.25) is 0 Å². The van der Waals surface area contributed by atoms with E-state index in [9.17, 15) is 14.7 Å². The Balaban J connectivity index is 1.83. The molecule has 2 rings (SSSR count). The van der Waals surface area contributed by atoms with Crippen molar-refractivity contribution in [2.75, 3.05) is 13.1 Å². The van der Waals surface area contributed by atoms with Crippen molar-refractivity contribution in [3.05, 3.63) is 20.8 Å². The number of halogens is 1. The van der Waals surface area contributed by atoms with Gasteiger partial charge in [-0.3, -0.25) is 0 Å². The molecule has 20 heavy (non-hydrogen) atoms. The van der Waals surface area contributed by atoms with Gasteiger partial charge in [0.2, 0.25) is 0 Å². The van der Waals surface area contributed by atoms with Crippen LogP contribution < -0.4 is 5.32 Å². The average Bonchev–Trinajstić information content (AvgIpc) is 2.95. The first-order valence-corrected chi connectivity index (χ1v) is 7.78. The highest BCUT2D eigenvalue weighted by Crippen LogP contribution is 2.22. The van der Waals surface area contributed by atoms with Crippen LogP contribution in [0.1, 0.15) is 11.3 Å². The molecule has 3 N–H and O–H groups in total. The number of thiophene rings is 1. The number of carbonyl (C=O) groups is 2. The van der Waals surface area contributed by atoms with Crippen molar-refractivity contribution in [2.45, 2.75) is 25.0 Å². The molecule has 0 spiro atoms. The standard InChI is InChI=1S/C12H15BrN2O4S/c13-10-2-1-8(20-10)3-4-14-12(19)15-6-7(16)5-9(15)11(17)18/h1-2,7,9,16H,3-6H2,(H,14,19)(H,17,18)/t7-,9-/m0/s1. The number of hydrogen-bond donors (Lipinski definition) is 3. The summed E-state index contributed by atoms with van der Waals surface area (Å²) in [6.45, 7) is 0.498. The number of aliphatic hydroxyl groups is 1. The van der Waals surface area contributed by atoms with Crippen LogP contribution >= 0.6 is 27.3 Å². The summed E-state index contributed by atoms with van der Waals surface area (Å²) in [6, 6.07) is 2.53. The summed E-state index contributed by atoms with van der Waals surface area (Å²) in [4.78, 5) is 25.3. The van der Waals surface area contributed by atoms with E-state index in [1.807, 2.05) is 12.1 Å². The molecule has 6 nitrogen and oxygen atoms in total. The quantitative estimate of drug-likeness (QED) is 0.752. The monoisotopic (exact) mass is 362 g/mol. The lowest BCUT2D eigenvalue weighted by molar-refractivity contribution is -0.141. The molecule has 0 aliphatic carbocycles. The zero-order chi connectivity index (χ0) is 14.7. The number of nitrogens with zero attached hydrogens (tertiary/aromatic N) is 1. The fourth-order valence-corrected chi connectivity index (χ4v) is 3.64. The van der Waals surface area contributed by atoms with Gasteiger partial charge < -0.3 is 20.4 Å². The van der Waals surface area contributed by atoms with Crippen LogP contribution in [0.15, 0.2) is 15.9 Å². The molecule has 0 radical (unpaired) electrons. The molecule has 1 saturated heterocycles. The number of carbonyl (C=O) groups excluding carboxylic acids is 1. The minimum absolute atomic E-state index is 0.0628. The first-order valence-electron chi connectivity index (χ1n) is 6.17. The van der Waals surface area contributed by atoms with Gasteiger partial charge in [-0.25, -0.2) is 9.59 Å². The lowest BCUT2D eigenvalue weighted by Gasteiger charge is -2.21. The summed E-state index contributed by atoms with van der Waals surface area (Å²) in [5, 5.41) is 21.2. The number of aliphatic hydroxyl groups excluding tert-OH is 1. The van der Waals surface area contributed by atoms with Gasteiger partial charge in [0.05, 0.1) is 9.89 Å². The molecular formula is C12H15BrN2O4S. The number of rotatable bonds is 4. The maximum atomic E-state index is 11.9. The number of carboxylic acid groups (broad SMARTS) is 1. The molecule has 1 aliphatic heterocycles. The second-order valence-corrected chi connectivity index (χ2v) is 7.13. The smallest absolute Gasteiger partial charge is 0.326 e. The van der Waals surface area contributed by atoms with E-state index in [0.717, 1.165) is 8.66 Å². The number of hydrogen-bond acceptors (Lipinski definition) is 4. The summed E-state index contributed by atoms with van der Waals surface area (Å²) in [5.41, 5.74) is 0. The fraction of sp³-hybridized carbons (Fsp3) is 0.500. The third-order valence-electron chi connectivity index (χ3n) is 3.10. The van der Waals surface area contributed by atoms with Crippen LogP contribution in [0.3, 0.4) is 0 Å². The molecule has 2 amide bonds. The van der Waals surface area contributed by atoms with E-state index in [2.05, 4.69) is 21.2 Å². The first-order chi connectivity index (χ1) is 9.47. The van der Waals surface area contributed by atoms with E-state index in [-0.39, 0.29) is 13.0 Å². The molecule has 8 heteroatoms. The van der Waals surface area contributed by atoms with Crippen molar-refractivity contribution in [2.24, 2.45) is 0 Å². The Morgan fingerprint density at radius 1 is 1.50 bits per heavy atom. The summed E-state index contributed by atoms with van der Waals surface area (Å²) in [7, 11) is 0. The Hall–Kier alpha value is -1.12. The molecule has 2 heterocycles. The minimum atomic E-state index is -1.08. The van der Waals surface area contributed by atoms with Crippen LogP contribution in [0.4, 0.5) is 4.79 Å². The van der Waals surface area contributed by atoms with Crippen LogP contribution in [0, 0.1) is 0 Å². The summed E-state index contributed by atoms with van der Waals surface area (Å²) in [6.07, 6.45) is 0.00614. The Morgan fingerprint density at radius 2 is 2.25 bits per heavy atom. The van der Waals surface area contributed by atoms with E-state index in [4.69, 9.17) is 5.11 Å². The predicted octanol–water partition coefficient (Wildman–Crippen LogP) is 1.28. The molecule has 0 saturated carbocycles. The van der Waals surface area contributed by atoms with Gasteiger partial charge in [0.1, 0.15) is 6.04 Å². The largest absolute Gasteiger partial charge is 0.480 e.